The maximum Gasteiger partial charge on any atom is 0.150 e. The van der Waals surface area contributed by atoms with Crippen molar-refractivity contribution in [3.8, 4) is 6.07 Å². The van der Waals surface area contributed by atoms with Crippen molar-refractivity contribution in [1.29, 1.82) is 5.26 Å². The van der Waals surface area contributed by atoms with Crippen LogP contribution in [0.2, 0.25) is 0 Å². The highest BCUT2D eigenvalue weighted by Crippen LogP contribution is 2.38. The summed E-state index contributed by atoms with van der Waals surface area (Å²) < 4.78 is 0. The first-order chi connectivity index (χ1) is 7.06. The van der Waals surface area contributed by atoms with E-state index in [0.29, 0.717) is 17.8 Å². The number of hydrogen-bond donors (Lipinski definition) is 0. The quantitative estimate of drug-likeness (QED) is 0.713. The van der Waals surface area contributed by atoms with Crippen molar-refractivity contribution < 1.29 is 4.79 Å². The Bertz CT molecular complexity index is 264. The zero-order valence-corrected chi connectivity index (χ0v) is 9.99. The van der Waals surface area contributed by atoms with Gasteiger partial charge in [0.1, 0.15) is 5.78 Å². The zero-order valence-electron chi connectivity index (χ0n) is 9.99. The van der Waals surface area contributed by atoms with Gasteiger partial charge in [-0.2, -0.15) is 5.26 Å². The number of rotatable bonds is 3. The minimum Gasteiger partial charge on any atom is -0.298 e. The van der Waals surface area contributed by atoms with Gasteiger partial charge in [-0.15, -0.1) is 0 Å². The molecule has 0 bridgehead atoms. The number of Topliss-reactive ketones (excluding diaryl/α,β-unsaturated/α-hetero) is 1. The molecule has 84 valence electrons. The van der Waals surface area contributed by atoms with Gasteiger partial charge >= 0.3 is 0 Å². The van der Waals surface area contributed by atoms with Crippen molar-refractivity contribution in [2.45, 2.75) is 46.5 Å². The van der Waals surface area contributed by atoms with Gasteiger partial charge < -0.3 is 0 Å². The number of nitriles is 1. The van der Waals surface area contributed by atoms with E-state index in [1.54, 1.807) is 0 Å². The van der Waals surface area contributed by atoms with Gasteiger partial charge in [-0.3, -0.25) is 4.79 Å². The Hall–Kier alpha value is -0.840. The first-order valence-corrected chi connectivity index (χ1v) is 5.96. The maximum atomic E-state index is 11.8. The lowest BCUT2D eigenvalue weighted by Gasteiger charge is -2.36. The van der Waals surface area contributed by atoms with E-state index in [1.165, 1.54) is 6.42 Å². The number of hydrogen-bond acceptors (Lipinski definition) is 2. The summed E-state index contributed by atoms with van der Waals surface area (Å²) in [5, 5.41) is 8.59. The van der Waals surface area contributed by atoms with Crippen molar-refractivity contribution in [3.05, 3.63) is 0 Å². The van der Waals surface area contributed by atoms with Crippen LogP contribution in [-0.2, 0) is 4.79 Å². The third kappa shape index (κ3) is 3.06. The fourth-order valence-electron chi connectivity index (χ4n) is 2.78. The summed E-state index contributed by atoms with van der Waals surface area (Å²) in [4.78, 5) is 11.8. The average molecular weight is 207 g/mol. The molecule has 0 aromatic rings. The third-order valence-electron chi connectivity index (χ3n) is 3.69. The Morgan fingerprint density at radius 3 is 2.67 bits per heavy atom. The molecular formula is C13H21NO. The van der Waals surface area contributed by atoms with Crippen LogP contribution < -0.4 is 0 Å². The van der Waals surface area contributed by atoms with Crippen LogP contribution in [0.4, 0.5) is 0 Å². The molecule has 2 heteroatoms. The van der Waals surface area contributed by atoms with Gasteiger partial charge in [0.15, 0.2) is 0 Å². The van der Waals surface area contributed by atoms with Crippen LogP contribution in [0.5, 0.6) is 0 Å². The Morgan fingerprint density at radius 2 is 2.13 bits per heavy atom. The van der Waals surface area contributed by atoms with E-state index in [1.807, 2.05) is 6.07 Å². The fourth-order valence-corrected chi connectivity index (χ4v) is 2.78. The molecule has 0 unspecified atom stereocenters. The second-order valence-electron chi connectivity index (χ2n) is 5.23. The average Bonchev–Trinajstić information content (AvgIpc) is 2.17. The second-order valence-corrected chi connectivity index (χ2v) is 5.23. The number of nitrogens with zero attached hydrogens (tertiary/aromatic N) is 1. The highest BCUT2D eigenvalue weighted by molar-refractivity contribution is 5.83. The number of ketones is 1. The lowest BCUT2D eigenvalue weighted by atomic mass is 9.68. The summed E-state index contributed by atoms with van der Waals surface area (Å²) in [6.07, 6.45) is 3.48. The molecule has 0 saturated heterocycles. The van der Waals surface area contributed by atoms with Crippen molar-refractivity contribution in [1.82, 2.24) is 0 Å². The smallest absolute Gasteiger partial charge is 0.150 e. The SMILES string of the molecule is CC(C)[C@@H]1CC[C@@H](C)C[C@@H]1C(=O)CC#N. The van der Waals surface area contributed by atoms with E-state index in [0.717, 1.165) is 12.8 Å². The fraction of sp³-hybridized carbons (Fsp3) is 0.846. The summed E-state index contributed by atoms with van der Waals surface area (Å²) >= 11 is 0. The largest absolute Gasteiger partial charge is 0.298 e. The Morgan fingerprint density at radius 1 is 1.47 bits per heavy atom. The highest BCUT2D eigenvalue weighted by Gasteiger charge is 2.34. The second kappa shape index (κ2) is 5.30. The molecule has 0 radical (unpaired) electrons. The Labute approximate surface area is 92.7 Å². The van der Waals surface area contributed by atoms with Gasteiger partial charge in [0.25, 0.3) is 0 Å². The normalized spacial score (nSPS) is 31.3. The van der Waals surface area contributed by atoms with Gasteiger partial charge in [0.2, 0.25) is 0 Å². The van der Waals surface area contributed by atoms with E-state index < -0.39 is 0 Å². The molecule has 1 aliphatic rings. The van der Waals surface area contributed by atoms with E-state index >= 15 is 0 Å². The van der Waals surface area contributed by atoms with Crippen LogP contribution >= 0.6 is 0 Å². The predicted molar refractivity (Wildman–Crippen MR) is 60.1 cm³/mol. The van der Waals surface area contributed by atoms with Gasteiger partial charge in [0, 0.05) is 5.92 Å². The molecule has 1 rings (SSSR count). The molecular weight excluding hydrogens is 186 g/mol. The van der Waals surface area contributed by atoms with Crippen molar-refractivity contribution >= 4 is 5.78 Å². The van der Waals surface area contributed by atoms with E-state index in [-0.39, 0.29) is 18.1 Å². The van der Waals surface area contributed by atoms with Gasteiger partial charge in [-0.25, -0.2) is 0 Å². The van der Waals surface area contributed by atoms with Crippen molar-refractivity contribution in [2.24, 2.45) is 23.7 Å². The van der Waals surface area contributed by atoms with Gasteiger partial charge in [-0.05, 0) is 30.6 Å². The van der Waals surface area contributed by atoms with Crippen LogP contribution in [-0.4, -0.2) is 5.78 Å². The third-order valence-corrected chi connectivity index (χ3v) is 3.69. The van der Waals surface area contributed by atoms with Gasteiger partial charge in [-0.1, -0.05) is 27.2 Å². The topological polar surface area (TPSA) is 40.9 Å². The number of carbonyl (C=O) groups excluding carboxylic acids is 1. The molecule has 1 aliphatic carbocycles. The summed E-state index contributed by atoms with van der Waals surface area (Å²) in [7, 11) is 0. The van der Waals surface area contributed by atoms with Crippen LogP contribution in [0.3, 0.4) is 0 Å². The molecule has 15 heavy (non-hydrogen) atoms. The zero-order chi connectivity index (χ0) is 11.4. The van der Waals surface area contributed by atoms with Gasteiger partial charge in [0.05, 0.1) is 12.5 Å². The van der Waals surface area contributed by atoms with E-state index in [9.17, 15) is 4.79 Å². The standard InChI is InChI=1S/C13H21NO/c1-9(2)11-5-4-10(3)8-12(11)13(15)6-7-14/h9-12H,4-6,8H2,1-3H3/t10-,11+,12+/m1/s1. The molecule has 0 amide bonds. The first-order valence-electron chi connectivity index (χ1n) is 5.96. The van der Waals surface area contributed by atoms with Crippen LogP contribution in [0.25, 0.3) is 0 Å². The Balaban J connectivity index is 2.70. The molecule has 0 N–H and O–H groups in total. The van der Waals surface area contributed by atoms with E-state index in [2.05, 4.69) is 20.8 Å². The molecule has 0 heterocycles. The van der Waals surface area contributed by atoms with Crippen LogP contribution in [0, 0.1) is 35.0 Å². The summed E-state index contributed by atoms with van der Waals surface area (Å²) in [5.41, 5.74) is 0. The number of carbonyl (C=O) groups is 1. The maximum absolute atomic E-state index is 11.8. The lowest BCUT2D eigenvalue weighted by Crippen LogP contribution is -2.33. The molecule has 0 aromatic carbocycles. The van der Waals surface area contributed by atoms with Crippen molar-refractivity contribution in [3.63, 3.8) is 0 Å². The molecule has 1 saturated carbocycles. The summed E-state index contributed by atoms with van der Waals surface area (Å²) in [6.45, 7) is 6.59. The molecule has 0 aromatic heterocycles. The molecule has 0 aliphatic heterocycles. The molecule has 2 nitrogen and oxygen atoms in total. The van der Waals surface area contributed by atoms with Crippen LogP contribution in [0.15, 0.2) is 0 Å². The first kappa shape index (κ1) is 12.2. The van der Waals surface area contributed by atoms with Crippen LogP contribution in [0.1, 0.15) is 46.5 Å². The summed E-state index contributed by atoms with van der Waals surface area (Å²) in [6, 6.07) is 1.99. The highest BCUT2D eigenvalue weighted by atomic mass is 16.1. The monoisotopic (exact) mass is 207 g/mol. The molecule has 3 atom stereocenters. The minimum absolute atomic E-state index is 0.0978. The van der Waals surface area contributed by atoms with Crippen molar-refractivity contribution in [2.75, 3.05) is 0 Å². The van der Waals surface area contributed by atoms with E-state index in [4.69, 9.17) is 5.26 Å². The molecule has 1 fully saturated rings. The lowest BCUT2D eigenvalue weighted by molar-refractivity contribution is -0.126. The molecule has 0 spiro atoms. The predicted octanol–water partition coefficient (Wildman–Crippen LogP) is 3.18. The minimum atomic E-state index is 0.0978. The Kier molecular flexibility index (Phi) is 4.32. The summed E-state index contributed by atoms with van der Waals surface area (Å²) in [5.74, 6) is 2.02.